The van der Waals surface area contributed by atoms with Gasteiger partial charge in [-0.25, -0.2) is 0 Å². The van der Waals surface area contributed by atoms with Crippen molar-refractivity contribution in [2.75, 3.05) is 6.54 Å². The number of hydrogen-bond acceptors (Lipinski definition) is 2. The van der Waals surface area contributed by atoms with Crippen molar-refractivity contribution >= 4 is 23.5 Å². The molecule has 1 rings (SSSR count). The molecule has 0 amide bonds. The van der Waals surface area contributed by atoms with E-state index in [4.69, 9.17) is 12.2 Å². The molecule has 2 N–H and O–H groups in total. The number of aryl methyl sites for hydroxylation is 1. The lowest BCUT2D eigenvalue weighted by Crippen LogP contribution is -2.32. The van der Waals surface area contributed by atoms with Gasteiger partial charge in [0.25, 0.3) is 0 Å². The minimum atomic E-state index is 0.580. The first-order valence-electron chi connectivity index (χ1n) is 6.36. The zero-order valence-corrected chi connectivity index (χ0v) is 11.9. The molecule has 0 saturated carbocycles. The van der Waals surface area contributed by atoms with Gasteiger partial charge in [-0.15, -0.1) is 0 Å². The van der Waals surface area contributed by atoms with E-state index in [0.717, 1.165) is 18.5 Å². The van der Waals surface area contributed by atoms with Gasteiger partial charge in [-0.3, -0.25) is 5.43 Å². The van der Waals surface area contributed by atoms with Crippen LogP contribution < -0.4 is 10.7 Å². The molecule has 0 radical (unpaired) electrons. The number of thiocarbonyl (C=S) groups is 1. The molecule has 18 heavy (non-hydrogen) atoms. The van der Waals surface area contributed by atoms with Gasteiger partial charge in [0.2, 0.25) is 0 Å². The van der Waals surface area contributed by atoms with Gasteiger partial charge in [0.05, 0.1) is 6.21 Å². The van der Waals surface area contributed by atoms with Gasteiger partial charge in [0, 0.05) is 6.54 Å². The van der Waals surface area contributed by atoms with Crippen molar-refractivity contribution in [1.29, 1.82) is 0 Å². The number of nitrogens with one attached hydrogen (secondary N) is 2. The monoisotopic (exact) mass is 263 g/mol. The number of hydrogen-bond donors (Lipinski definition) is 2. The molecular formula is C14H21N3S. The molecule has 0 aliphatic carbocycles. The first-order valence-corrected chi connectivity index (χ1v) is 6.77. The van der Waals surface area contributed by atoms with Crippen molar-refractivity contribution in [3.8, 4) is 0 Å². The van der Waals surface area contributed by atoms with E-state index in [1.54, 1.807) is 6.21 Å². The first kappa shape index (κ1) is 14.6. The molecule has 0 heterocycles. The van der Waals surface area contributed by atoms with Gasteiger partial charge in [-0.05, 0) is 36.7 Å². The number of hydrazone groups is 1. The second-order valence-corrected chi connectivity index (χ2v) is 4.60. The molecule has 1 aromatic rings. The van der Waals surface area contributed by atoms with E-state index in [2.05, 4.69) is 35.8 Å². The SMILES string of the molecule is CCCCCNC(=S)N/N=C\c1ccccc1C. The third kappa shape index (κ3) is 5.77. The third-order valence-corrected chi connectivity index (χ3v) is 2.86. The number of nitrogens with zero attached hydrogens (tertiary/aromatic N) is 1. The Balaban J connectivity index is 2.28. The zero-order valence-electron chi connectivity index (χ0n) is 11.1. The van der Waals surface area contributed by atoms with Gasteiger partial charge in [-0.2, -0.15) is 5.10 Å². The van der Waals surface area contributed by atoms with Gasteiger partial charge in [0.1, 0.15) is 0 Å². The van der Waals surface area contributed by atoms with Crippen LogP contribution in [0.5, 0.6) is 0 Å². The highest BCUT2D eigenvalue weighted by atomic mass is 32.1. The van der Waals surface area contributed by atoms with Crippen molar-refractivity contribution in [3.05, 3.63) is 35.4 Å². The average Bonchev–Trinajstić information content (AvgIpc) is 2.37. The third-order valence-electron chi connectivity index (χ3n) is 2.62. The van der Waals surface area contributed by atoms with Crippen molar-refractivity contribution in [1.82, 2.24) is 10.7 Å². The highest BCUT2D eigenvalue weighted by molar-refractivity contribution is 7.80. The summed E-state index contributed by atoms with van der Waals surface area (Å²) in [4.78, 5) is 0. The van der Waals surface area contributed by atoms with Crippen LogP contribution in [0.3, 0.4) is 0 Å². The molecule has 3 nitrogen and oxygen atoms in total. The van der Waals surface area contributed by atoms with Gasteiger partial charge < -0.3 is 5.32 Å². The summed E-state index contributed by atoms with van der Waals surface area (Å²) in [7, 11) is 0. The minimum Gasteiger partial charge on any atom is -0.361 e. The van der Waals surface area contributed by atoms with Crippen LogP contribution in [0.15, 0.2) is 29.4 Å². The molecule has 98 valence electrons. The lowest BCUT2D eigenvalue weighted by atomic mass is 10.1. The molecule has 0 bridgehead atoms. The standard InChI is InChI=1S/C14H21N3S/c1-3-4-7-10-15-14(18)17-16-11-13-9-6-5-8-12(13)2/h5-6,8-9,11H,3-4,7,10H2,1-2H3,(H2,15,17,18)/b16-11-. The quantitative estimate of drug-likeness (QED) is 0.358. The van der Waals surface area contributed by atoms with E-state index in [1.807, 2.05) is 18.2 Å². The summed E-state index contributed by atoms with van der Waals surface area (Å²) < 4.78 is 0. The van der Waals surface area contributed by atoms with Crippen LogP contribution in [0.1, 0.15) is 37.3 Å². The molecular weight excluding hydrogens is 242 g/mol. The van der Waals surface area contributed by atoms with Crippen molar-refractivity contribution in [3.63, 3.8) is 0 Å². The molecule has 0 fully saturated rings. The number of benzene rings is 1. The lowest BCUT2D eigenvalue weighted by Gasteiger charge is -2.06. The smallest absolute Gasteiger partial charge is 0.186 e. The van der Waals surface area contributed by atoms with Crippen LogP contribution in [-0.2, 0) is 0 Å². The highest BCUT2D eigenvalue weighted by Gasteiger charge is 1.93. The topological polar surface area (TPSA) is 36.4 Å². The van der Waals surface area contributed by atoms with Gasteiger partial charge >= 0.3 is 0 Å². The van der Waals surface area contributed by atoms with E-state index in [1.165, 1.54) is 18.4 Å². The van der Waals surface area contributed by atoms with E-state index in [0.29, 0.717) is 5.11 Å². The summed E-state index contributed by atoms with van der Waals surface area (Å²) >= 11 is 5.12. The Morgan fingerprint density at radius 2 is 2.11 bits per heavy atom. The average molecular weight is 263 g/mol. The van der Waals surface area contributed by atoms with E-state index < -0.39 is 0 Å². The fourth-order valence-electron chi connectivity index (χ4n) is 1.51. The zero-order chi connectivity index (χ0) is 13.2. The molecule has 0 spiro atoms. The molecule has 0 atom stereocenters. The van der Waals surface area contributed by atoms with Crippen molar-refractivity contribution in [2.45, 2.75) is 33.1 Å². The highest BCUT2D eigenvalue weighted by Crippen LogP contribution is 2.02. The second-order valence-electron chi connectivity index (χ2n) is 4.19. The normalized spacial score (nSPS) is 10.6. The Morgan fingerprint density at radius 3 is 2.83 bits per heavy atom. The van der Waals surface area contributed by atoms with Crippen molar-refractivity contribution < 1.29 is 0 Å². The summed E-state index contributed by atoms with van der Waals surface area (Å²) in [6, 6.07) is 8.09. The molecule has 0 aliphatic rings. The summed E-state index contributed by atoms with van der Waals surface area (Å²) in [5.41, 5.74) is 5.12. The lowest BCUT2D eigenvalue weighted by molar-refractivity contribution is 0.691. The largest absolute Gasteiger partial charge is 0.361 e. The Labute approximate surface area is 115 Å². The summed E-state index contributed by atoms with van der Waals surface area (Å²) in [6.45, 7) is 5.14. The molecule has 0 aromatic heterocycles. The van der Waals surface area contributed by atoms with Crippen molar-refractivity contribution in [2.24, 2.45) is 5.10 Å². The Hall–Kier alpha value is -1.42. The predicted octanol–water partition coefficient (Wildman–Crippen LogP) is 2.98. The Bertz CT molecular complexity index is 402. The summed E-state index contributed by atoms with van der Waals surface area (Å²) in [5.74, 6) is 0. The summed E-state index contributed by atoms with van der Waals surface area (Å²) in [6.07, 6.45) is 5.37. The van der Waals surface area contributed by atoms with Gasteiger partial charge in [-0.1, -0.05) is 44.0 Å². The fraction of sp³-hybridized carbons (Fsp3) is 0.429. The predicted molar refractivity (Wildman–Crippen MR) is 82.0 cm³/mol. The maximum Gasteiger partial charge on any atom is 0.186 e. The van der Waals surface area contributed by atoms with Crippen LogP contribution in [0.2, 0.25) is 0 Å². The summed E-state index contributed by atoms with van der Waals surface area (Å²) in [5, 5.41) is 7.83. The van der Waals surface area contributed by atoms with E-state index in [-0.39, 0.29) is 0 Å². The molecule has 0 saturated heterocycles. The fourth-order valence-corrected chi connectivity index (χ4v) is 1.66. The Morgan fingerprint density at radius 1 is 1.33 bits per heavy atom. The van der Waals surface area contributed by atoms with Crippen LogP contribution in [0.4, 0.5) is 0 Å². The molecule has 4 heteroatoms. The Kier molecular flexibility index (Phi) is 7.03. The first-order chi connectivity index (χ1) is 8.74. The van der Waals surface area contributed by atoms with Crippen LogP contribution in [0, 0.1) is 6.92 Å². The van der Waals surface area contributed by atoms with Crippen LogP contribution >= 0.6 is 12.2 Å². The second kappa shape index (κ2) is 8.64. The van der Waals surface area contributed by atoms with E-state index >= 15 is 0 Å². The van der Waals surface area contributed by atoms with Crippen LogP contribution in [-0.4, -0.2) is 17.9 Å². The van der Waals surface area contributed by atoms with E-state index in [9.17, 15) is 0 Å². The molecule has 1 aromatic carbocycles. The molecule has 0 aliphatic heterocycles. The molecule has 0 unspecified atom stereocenters. The number of unbranched alkanes of at least 4 members (excludes halogenated alkanes) is 2. The van der Waals surface area contributed by atoms with Gasteiger partial charge in [0.15, 0.2) is 5.11 Å². The maximum absolute atomic E-state index is 5.12. The minimum absolute atomic E-state index is 0.580. The van der Waals surface area contributed by atoms with Crippen LogP contribution in [0.25, 0.3) is 0 Å². The maximum atomic E-state index is 5.12. The number of rotatable bonds is 6.